The van der Waals surface area contributed by atoms with Crippen molar-refractivity contribution in [1.29, 1.82) is 0 Å². The van der Waals surface area contributed by atoms with Gasteiger partial charge in [-0.1, -0.05) is 42.5 Å². The van der Waals surface area contributed by atoms with Crippen LogP contribution in [0.5, 0.6) is 5.75 Å². The van der Waals surface area contributed by atoms with Gasteiger partial charge < -0.3 is 10.0 Å². The molecule has 0 spiro atoms. The highest BCUT2D eigenvalue weighted by molar-refractivity contribution is 5.25. The van der Waals surface area contributed by atoms with E-state index in [0.29, 0.717) is 11.8 Å². The van der Waals surface area contributed by atoms with Crippen LogP contribution in [-0.4, -0.2) is 29.6 Å². The molecular formula is C19H25NO. The Morgan fingerprint density at radius 3 is 2.19 bits per heavy atom. The second-order valence-corrected chi connectivity index (χ2v) is 5.77. The van der Waals surface area contributed by atoms with Crippen LogP contribution < -0.4 is 0 Å². The summed E-state index contributed by atoms with van der Waals surface area (Å²) in [5, 5.41) is 9.29. The lowest BCUT2D eigenvalue weighted by Gasteiger charge is -2.24. The molecule has 2 aromatic carbocycles. The summed E-state index contributed by atoms with van der Waals surface area (Å²) in [6, 6.07) is 18.7. The molecule has 0 aliphatic rings. The minimum Gasteiger partial charge on any atom is -0.508 e. The van der Waals surface area contributed by atoms with Crippen LogP contribution in [0.2, 0.25) is 0 Å². The molecule has 2 aromatic rings. The van der Waals surface area contributed by atoms with E-state index in [4.69, 9.17) is 0 Å². The van der Waals surface area contributed by atoms with E-state index in [0.717, 1.165) is 25.8 Å². The molecule has 1 atom stereocenters. The van der Waals surface area contributed by atoms with Gasteiger partial charge in [0, 0.05) is 12.6 Å². The van der Waals surface area contributed by atoms with Crippen molar-refractivity contribution in [3.63, 3.8) is 0 Å². The van der Waals surface area contributed by atoms with Crippen molar-refractivity contribution in [2.45, 2.75) is 32.2 Å². The number of phenolic OH excluding ortho intramolecular Hbond substituents is 1. The Morgan fingerprint density at radius 2 is 1.52 bits per heavy atom. The molecule has 2 nitrogen and oxygen atoms in total. The Bertz CT molecular complexity index is 521. The Kier molecular flexibility index (Phi) is 5.82. The predicted molar refractivity (Wildman–Crippen MR) is 88.7 cm³/mol. The Hall–Kier alpha value is -1.80. The summed E-state index contributed by atoms with van der Waals surface area (Å²) in [4.78, 5) is 2.42. The Morgan fingerprint density at radius 1 is 0.905 bits per heavy atom. The monoisotopic (exact) mass is 283 g/mol. The summed E-state index contributed by atoms with van der Waals surface area (Å²) >= 11 is 0. The lowest BCUT2D eigenvalue weighted by Crippen LogP contribution is -2.31. The van der Waals surface area contributed by atoms with Crippen LogP contribution in [0.4, 0.5) is 0 Å². The molecule has 0 fully saturated rings. The summed E-state index contributed by atoms with van der Waals surface area (Å²) in [7, 11) is 2.20. The quantitative estimate of drug-likeness (QED) is 0.833. The maximum absolute atomic E-state index is 9.29. The smallest absolute Gasteiger partial charge is 0.115 e. The van der Waals surface area contributed by atoms with Crippen LogP contribution in [0.25, 0.3) is 0 Å². The van der Waals surface area contributed by atoms with Crippen LogP contribution in [0.1, 0.15) is 24.5 Å². The normalized spacial score (nSPS) is 12.5. The van der Waals surface area contributed by atoms with E-state index in [2.05, 4.69) is 49.2 Å². The lowest BCUT2D eigenvalue weighted by atomic mass is 10.0. The summed E-state index contributed by atoms with van der Waals surface area (Å²) < 4.78 is 0. The third kappa shape index (κ3) is 5.24. The fourth-order valence-corrected chi connectivity index (χ4v) is 2.43. The number of hydrogen-bond acceptors (Lipinski definition) is 2. The zero-order valence-electron chi connectivity index (χ0n) is 13.0. The van der Waals surface area contributed by atoms with Crippen molar-refractivity contribution in [1.82, 2.24) is 4.90 Å². The number of nitrogens with zero attached hydrogens (tertiary/aromatic N) is 1. The van der Waals surface area contributed by atoms with Gasteiger partial charge in [-0.05, 0) is 56.5 Å². The number of rotatable bonds is 7. The van der Waals surface area contributed by atoms with Gasteiger partial charge in [-0.3, -0.25) is 0 Å². The highest BCUT2D eigenvalue weighted by Gasteiger charge is 2.09. The molecule has 2 rings (SSSR count). The average Bonchev–Trinajstić information content (AvgIpc) is 2.52. The first kappa shape index (κ1) is 15.6. The van der Waals surface area contributed by atoms with Gasteiger partial charge in [0.1, 0.15) is 5.75 Å². The molecular weight excluding hydrogens is 258 g/mol. The number of benzene rings is 2. The molecule has 0 unspecified atom stereocenters. The van der Waals surface area contributed by atoms with E-state index >= 15 is 0 Å². The van der Waals surface area contributed by atoms with Gasteiger partial charge in [-0.15, -0.1) is 0 Å². The van der Waals surface area contributed by atoms with Gasteiger partial charge in [0.25, 0.3) is 0 Å². The molecule has 0 bridgehead atoms. The molecule has 21 heavy (non-hydrogen) atoms. The maximum Gasteiger partial charge on any atom is 0.115 e. The highest BCUT2D eigenvalue weighted by atomic mass is 16.3. The number of likely N-dealkylation sites (N-methyl/N-ethyl adjacent to an activating group) is 1. The van der Waals surface area contributed by atoms with Crippen molar-refractivity contribution in [2.24, 2.45) is 0 Å². The molecule has 1 N–H and O–H groups in total. The molecule has 2 heteroatoms. The second kappa shape index (κ2) is 7.84. The number of aromatic hydroxyl groups is 1. The molecule has 0 amide bonds. The van der Waals surface area contributed by atoms with Gasteiger partial charge >= 0.3 is 0 Å². The Balaban J connectivity index is 1.74. The van der Waals surface area contributed by atoms with Gasteiger partial charge in [0.15, 0.2) is 0 Å². The van der Waals surface area contributed by atoms with Crippen molar-refractivity contribution >= 4 is 0 Å². The zero-order valence-corrected chi connectivity index (χ0v) is 13.0. The maximum atomic E-state index is 9.29. The van der Waals surface area contributed by atoms with E-state index < -0.39 is 0 Å². The third-order valence-corrected chi connectivity index (χ3v) is 4.14. The molecule has 112 valence electrons. The fraction of sp³-hybridized carbons (Fsp3) is 0.368. The zero-order chi connectivity index (χ0) is 15.1. The molecule has 0 radical (unpaired) electrons. The first-order valence-corrected chi connectivity index (χ1v) is 7.67. The summed E-state index contributed by atoms with van der Waals surface area (Å²) in [5.74, 6) is 0.340. The Labute approximate surface area is 128 Å². The summed E-state index contributed by atoms with van der Waals surface area (Å²) in [6.45, 7) is 3.37. The predicted octanol–water partition coefficient (Wildman–Crippen LogP) is 3.89. The molecule has 0 aliphatic carbocycles. The molecule has 0 saturated carbocycles. The number of phenols is 1. The molecule has 0 saturated heterocycles. The van der Waals surface area contributed by atoms with Crippen LogP contribution >= 0.6 is 0 Å². The SMILES string of the molecule is C[C@H](CCc1ccc(O)cc1)N(C)CCc1ccccc1. The largest absolute Gasteiger partial charge is 0.508 e. The van der Waals surface area contributed by atoms with Crippen LogP contribution in [-0.2, 0) is 12.8 Å². The summed E-state index contributed by atoms with van der Waals surface area (Å²) in [5.41, 5.74) is 2.69. The first-order valence-electron chi connectivity index (χ1n) is 7.67. The number of aryl methyl sites for hydroxylation is 1. The fourth-order valence-electron chi connectivity index (χ4n) is 2.43. The van der Waals surface area contributed by atoms with Gasteiger partial charge in [-0.2, -0.15) is 0 Å². The van der Waals surface area contributed by atoms with Crippen molar-refractivity contribution in [2.75, 3.05) is 13.6 Å². The molecule has 0 aromatic heterocycles. The summed E-state index contributed by atoms with van der Waals surface area (Å²) in [6.07, 6.45) is 3.29. The minimum atomic E-state index is 0.340. The molecule has 0 aliphatic heterocycles. The van der Waals surface area contributed by atoms with E-state index in [1.165, 1.54) is 11.1 Å². The topological polar surface area (TPSA) is 23.5 Å². The van der Waals surface area contributed by atoms with Crippen LogP contribution in [0.15, 0.2) is 54.6 Å². The van der Waals surface area contributed by atoms with Crippen molar-refractivity contribution in [3.8, 4) is 5.75 Å². The second-order valence-electron chi connectivity index (χ2n) is 5.77. The van der Waals surface area contributed by atoms with Crippen LogP contribution in [0, 0.1) is 0 Å². The highest BCUT2D eigenvalue weighted by Crippen LogP contribution is 2.13. The van der Waals surface area contributed by atoms with E-state index in [1.54, 1.807) is 12.1 Å². The van der Waals surface area contributed by atoms with E-state index in [-0.39, 0.29) is 0 Å². The van der Waals surface area contributed by atoms with E-state index in [1.807, 2.05) is 12.1 Å². The average molecular weight is 283 g/mol. The van der Waals surface area contributed by atoms with Gasteiger partial charge in [0.2, 0.25) is 0 Å². The lowest BCUT2D eigenvalue weighted by molar-refractivity contribution is 0.249. The van der Waals surface area contributed by atoms with Crippen LogP contribution in [0.3, 0.4) is 0 Å². The van der Waals surface area contributed by atoms with Crippen molar-refractivity contribution in [3.05, 3.63) is 65.7 Å². The minimum absolute atomic E-state index is 0.340. The number of hydrogen-bond donors (Lipinski definition) is 1. The van der Waals surface area contributed by atoms with Gasteiger partial charge in [0.05, 0.1) is 0 Å². The van der Waals surface area contributed by atoms with E-state index in [9.17, 15) is 5.11 Å². The first-order chi connectivity index (χ1) is 10.1. The molecule has 0 heterocycles. The third-order valence-electron chi connectivity index (χ3n) is 4.14. The van der Waals surface area contributed by atoms with Crippen molar-refractivity contribution < 1.29 is 5.11 Å². The standard InChI is InChI=1S/C19H25NO/c1-16(8-9-18-10-12-19(21)13-11-18)20(2)15-14-17-6-4-3-5-7-17/h3-7,10-13,16,21H,8-9,14-15H2,1-2H3/t16-/m1/s1. The van der Waals surface area contributed by atoms with Gasteiger partial charge in [-0.25, -0.2) is 0 Å².